The van der Waals surface area contributed by atoms with Crippen molar-refractivity contribution in [2.24, 2.45) is 5.73 Å². The zero-order valence-corrected chi connectivity index (χ0v) is 34.3. The summed E-state index contributed by atoms with van der Waals surface area (Å²) in [6, 6.07) is 0. The first-order chi connectivity index (χ1) is 26.3. The van der Waals surface area contributed by atoms with Gasteiger partial charge in [-0.2, -0.15) is 0 Å². The minimum absolute atomic E-state index is 0.0347. The normalized spacial score (nSPS) is 17.9. The number of unbranched alkanes of at least 4 members (excludes halogenated alkanes) is 8. The first-order valence-corrected chi connectivity index (χ1v) is 22.0. The van der Waals surface area contributed by atoms with Gasteiger partial charge in [0.2, 0.25) is 0 Å². The Morgan fingerprint density at radius 2 is 1.26 bits per heavy atom. The van der Waals surface area contributed by atoms with Gasteiger partial charge in [-0.05, 0) is 83.5 Å². The third-order valence-corrected chi connectivity index (χ3v) is 9.48. The maximum Gasteiger partial charge on any atom is 0.472 e. The number of ether oxygens (including phenoxy) is 3. The van der Waals surface area contributed by atoms with E-state index in [4.69, 9.17) is 29.0 Å². The summed E-state index contributed by atoms with van der Waals surface area (Å²) in [7, 11) is -4.41. The van der Waals surface area contributed by atoms with Crippen molar-refractivity contribution in [3.8, 4) is 0 Å². The van der Waals surface area contributed by atoms with Crippen molar-refractivity contribution in [3.63, 3.8) is 0 Å². The molecule has 0 amide bonds. The van der Waals surface area contributed by atoms with Crippen molar-refractivity contribution in [2.75, 3.05) is 26.4 Å². The average molecular weight is 778 g/mol. The average Bonchev–Trinajstić information content (AvgIpc) is 3.91. The number of hydrogen-bond donors (Lipinski definition) is 2. The molecule has 0 aromatic rings. The van der Waals surface area contributed by atoms with Crippen molar-refractivity contribution in [3.05, 3.63) is 72.9 Å². The fourth-order valence-corrected chi connectivity index (χ4v) is 6.15. The van der Waals surface area contributed by atoms with Crippen LogP contribution in [0.25, 0.3) is 0 Å². The van der Waals surface area contributed by atoms with Gasteiger partial charge in [0, 0.05) is 19.4 Å². The molecule has 0 aliphatic carbocycles. The fraction of sp³-hybridized carbons (Fsp3) is 0.674. The SMILES string of the molecule is CC/C=C\C/C=C\C/C=C\CCCCCCCC(=O)OC[C@H](COP(=O)(O)OCCN)OC(=O)CCCC1OC1C/C=C\C/C=C\C/C=C\CCCCC. The van der Waals surface area contributed by atoms with E-state index in [-0.39, 0.29) is 44.8 Å². The molecule has 4 atom stereocenters. The number of esters is 2. The molecule has 1 aliphatic rings. The van der Waals surface area contributed by atoms with E-state index in [1.807, 2.05) is 0 Å². The summed E-state index contributed by atoms with van der Waals surface area (Å²) in [6.45, 7) is 3.46. The van der Waals surface area contributed by atoms with E-state index < -0.39 is 32.5 Å². The van der Waals surface area contributed by atoms with Gasteiger partial charge in [0.1, 0.15) is 6.61 Å². The Hall–Kier alpha value is -2.59. The highest BCUT2D eigenvalue weighted by atomic mass is 31.2. The lowest BCUT2D eigenvalue weighted by atomic mass is 10.1. The molecule has 3 N–H and O–H groups in total. The summed E-state index contributed by atoms with van der Waals surface area (Å²) >= 11 is 0. The number of hydrogen-bond acceptors (Lipinski definition) is 9. The van der Waals surface area contributed by atoms with Gasteiger partial charge in [-0.25, -0.2) is 4.57 Å². The monoisotopic (exact) mass is 777 g/mol. The summed E-state index contributed by atoms with van der Waals surface area (Å²) in [6.07, 6.45) is 43.8. The van der Waals surface area contributed by atoms with Crippen molar-refractivity contribution in [1.82, 2.24) is 0 Å². The second-order valence-corrected chi connectivity index (χ2v) is 15.0. The van der Waals surface area contributed by atoms with Crippen LogP contribution in [-0.2, 0) is 37.4 Å². The van der Waals surface area contributed by atoms with E-state index in [0.29, 0.717) is 12.8 Å². The number of nitrogens with two attached hydrogens (primary N) is 1. The molecule has 308 valence electrons. The number of phosphoric acid groups is 1. The summed E-state index contributed by atoms with van der Waals surface area (Å²) in [5, 5.41) is 0. The third kappa shape index (κ3) is 31.7. The van der Waals surface area contributed by atoms with Crippen LogP contribution in [0.2, 0.25) is 0 Å². The standard InChI is InChI=1S/C43H72NO9P/c1-3-5-7-9-11-13-15-17-18-19-21-23-25-27-29-33-42(45)49-37-39(38-51-54(47,48)50-36-35-44)52-43(46)34-30-32-41-40(53-41)31-28-26-24-22-20-16-14-12-10-8-6-4-2/h5,7,11-14,17-18,20,22,26,28,39-41H,3-4,6,8-10,15-16,19,21,23-25,27,29-38,44H2,1-2H3,(H,47,48)/b7-5-,13-11-,14-12-,18-17-,22-20-,28-26-/t39-,40?,41?/m1/s1. The van der Waals surface area contributed by atoms with Crippen LogP contribution in [0.4, 0.5) is 0 Å². The summed E-state index contributed by atoms with van der Waals surface area (Å²) in [5.74, 6) is -0.933. The number of carbonyl (C=O) groups is 2. The van der Waals surface area contributed by atoms with Crippen molar-refractivity contribution < 1.29 is 42.3 Å². The minimum atomic E-state index is -4.41. The number of allylic oxidation sites excluding steroid dienone is 11. The van der Waals surface area contributed by atoms with Gasteiger partial charge in [-0.3, -0.25) is 18.6 Å². The highest BCUT2D eigenvalue weighted by molar-refractivity contribution is 7.47. The van der Waals surface area contributed by atoms with Gasteiger partial charge in [0.05, 0.1) is 25.4 Å². The predicted octanol–water partition coefficient (Wildman–Crippen LogP) is 10.5. The molecule has 3 unspecified atom stereocenters. The zero-order chi connectivity index (χ0) is 39.4. The minimum Gasteiger partial charge on any atom is -0.462 e. The van der Waals surface area contributed by atoms with E-state index >= 15 is 0 Å². The Kier molecular flexibility index (Phi) is 31.9. The van der Waals surface area contributed by atoms with Crippen LogP contribution in [0.5, 0.6) is 0 Å². The molecule has 10 nitrogen and oxygen atoms in total. The van der Waals surface area contributed by atoms with Gasteiger partial charge >= 0.3 is 19.8 Å². The predicted molar refractivity (Wildman–Crippen MR) is 219 cm³/mol. The molecule has 1 heterocycles. The number of phosphoric ester groups is 1. The highest BCUT2D eigenvalue weighted by Crippen LogP contribution is 2.43. The molecule has 54 heavy (non-hydrogen) atoms. The lowest BCUT2D eigenvalue weighted by Gasteiger charge is -2.19. The first-order valence-electron chi connectivity index (χ1n) is 20.5. The van der Waals surface area contributed by atoms with Crippen molar-refractivity contribution in [1.29, 1.82) is 0 Å². The lowest BCUT2D eigenvalue weighted by Crippen LogP contribution is -2.29. The number of epoxide rings is 1. The largest absolute Gasteiger partial charge is 0.472 e. The van der Waals surface area contributed by atoms with Gasteiger partial charge in [0.15, 0.2) is 6.10 Å². The molecule has 1 aliphatic heterocycles. The van der Waals surface area contributed by atoms with Gasteiger partial charge in [-0.15, -0.1) is 0 Å². The Labute approximate surface area is 326 Å². The molecule has 11 heteroatoms. The topological polar surface area (TPSA) is 147 Å². The first kappa shape index (κ1) is 49.4. The molecule has 0 aromatic heterocycles. The molecule has 1 saturated heterocycles. The molecule has 0 spiro atoms. The van der Waals surface area contributed by atoms with E-state index in [1.165, 1.54) is 19.3 Å². The Bertz CT molecular complexity index is 1180. The Morgan fingerprint density at radius 1 is 0.685 bits per heavy atom. The van der Waals surface area contributed by atoms with Crippen molar-refractivity contribution >= 4 is 19.8 Å². The lowest BCUT2D eigenvalue weighted by molar-refractivity contribution is -0.161. The smallest absolute Gasteiger partial charge is 0.462 e. The van der Waals surface area contributed by atoms with Gasteiger partial charge in [0.25, 0.3) is 0 Å². The van der Waals surface area contributed by atoms with Crippen LogP contribution in [0, 0.1) is 0 Å². The summed E-state index contributed by atoms with van der Waals surface area (Å²) in [4.78, 5) is 34.9. The molecule has 0 saturated carbocycles. The summed E-state index contributed by atoms with van der Waals surface area (Å²) < 4.78 is 38.5. The molecule has 0 aromatic carbocycles. The van der Waals surface area contributed by atoms with E-state index in [9.17, 15) is 19.0 Å². The highest BCUT2D eigenvalue weighted by Gasteiger charge is 2.36. The van der Waals surface area contributed by atoms with Crippen LogP contribution in [0.1, 0.15) is 142 Å². The third-order valence-electron chi connectivity index (χ3n) is 8.50. The second kappa shape index (κ2) is 34.9. The van der Waals surface area contributed by atoms with Crippen LogP contribution in [-0.4, -0.2) is 61.5 Å². The van der Waals surface area contributed by atoms with Crippen LogP contribution >= 0.6 is 7.82 Å². The van der Waals surface area contributed by atoms with Gasteiger partial charge in [-0.1, -0.05) is 119 Å². The molecule has 1 rings (SSSR count). The molecule has 0 bridgehead atoms. The van der Waals surface area contributed by atoms with Gasteiger partial charge < -0.3 is 24.8 Å². The van der Waals surface area contributed by atoms with Crippen LogP contribution in [0.15, 0.2) is 72.9 Å². The maximum absolute atomic E-state index is 12.6. The van der Waals surface area contributed by atoms with E-state index in [1.54, 1.807) is 0 Å². The van der Waals surface area contributed by atoms with E-state index in [0.717, 1.165) is 83.5 Å². The maximum atomic E-state index is 12.6. The molecular formula is C43H72NO9P. The number of rotatable bonds is 36. The number of carbonyl (C=O) groups excluding carboxylic acids is 2. The van der Waals surface area contributed by atoms with Crippen LogP contribution < -0.4 is 5.73 Å². The fourth-order valence-electron chi connectivity index (χ4n) is 5.38. The van der Waals surface area contributed by atoms with E-state index in [2.05, 4.69) is 86.8 Å². The Morgan fingerprint density at radius 3 is 1.91 bits per heavy atom. The molecule has 1 fully saturated rings. The quantitative estimate of drug-likeness (QED) is 0.0207. The zero-order valence-electron chi connectivity index (χ0n) is 33.4. The van der Waals surface area contributed by atoms with Crippen molar-refractivity contribution in [2.45, 2.75) is 161 Å². The second-order valence-electron chi connectivity index (χ2n) is 13.5. The van der Waals surface area contributed by atoms with Crippen LogP contribution in [0.3, 0.4) is 0 Å². The Balaban J connectivity index is 2.28. The molecule has 0 radical (unpaired) electrons. The molecular weight excluding hydrogens is 705 g/mol. The summed E-state index contributed by atoms with van der Waals surface area (Å²) in [5.41, 5.74) is 5.34.